The van der Waals surface area contributed by atoms with E-state index in [0.717, 1.165) is 28.0 Å². The number of fused-ring (bicyclic) bond motifs is 3. The molecular weight excluding hydrogens is 280 g/mol. The highest BCUT2D eigenvalue weighted by Gasteiger charge is 2.23. The Morgan fingerprint density at radius 1 is 1.27 bits per heavy atom. The van der Waals surface area contributed by atoms with Crippen LogP contribution in [0.4, 0.5) is 0 Å². The minimum atomic E-state index is -0.765. The van der Waals surface area contributed by atoms with E-state index in [-0.39, 0.29) is 6.42 Å². The van der Waals surface area contributed by atoms with Crippen molar-refractivity contribution in [3.05, 3.63) is 47.5 Å². The standard InChI is InChI=1S/C18H18O4/c1-21-15-10-9-12(6-4-8-16(19)20)17-14-7-3-2-5-13(14)11-22-18(15)17/h2-3,5,7,9-10H,4,6,8,11H2,1H3,(H,19,20). The Morgan fingerprint density at radius 3 is 2.86 bits per heavy atom. The average molecular weight is 298 g/mol. The Kier molecular flexibility index (Phi) is 4.00. The van der Waals surface area contributed by atoms with Crippen LogP contribution in [0.25, 0.3) is 11.1 Å². The van der Waals surface area contributed by atoms with Crippen molar-refractivity contribution in [2.24, 2.45) is 0 Å². The van der Waals surface area contributed by atoms with Gasteiger partial charge in [-0.15, -0.1) is 0 Å². The highest BCUT2D eigenvalue weighted by Crippen LogP contribution is 2.45. The lowest BCUT2D eigenvalue weighted by Gasteiger charge is -2.25. The molecule has 0 atom stereocenters. The molecule has 0 fully saturated rings. The largest absolute Gasteiger partial charge is 0.493 e. The molecule has 1 aliphatic heterocycles. The first-order valence-electron chi connectivity index (χ1n) is 7.33. The minimum absolute atomic E-state index is 0.170. The van der Waals surface area contributed by atoms with Crippen LogP contribution in [0, 0.1) is 0 Å². The zero-order chi connectivity index (χ0) is 15.5. The van der Waals surface area contributed by atoms with Crippen molar-refractivity contribution in [1.82, 2.24) is 0 Å². The minimum Gasteiger partial charge on any atom is -0.493 e. The summed E-state index contributed by atoms with van der Waals surface area (Å²) in [5.74, 6) is 0.708. The zero-order valence-corrected chi connectivity index (χ0v) is 12.5. The van der Waals surface area contributed by atoms with Crippen molar-refractivity contribution >= 4 is 5.97 Å². The van der Waals surface area contributed by atoms with Crippen molar-refractivity contribution in [2.75, 3.05) is 7.11 Å². The van der Waals surface area contributed by atoms with Gasteiger partial charge in [0.05, 0.1) is 7.11 Å². The van der Waals surface area contributed by atoms with Crippen molar-refractivity contribution in [3.63, 3.8) is 0 Å². The van der Waals surface area contributed by atoms with E-state index < -0.39 is 5.97 Å². The van der Waals surface area contributed by atoms with Crippen molar-refractivity contribution in [3.8, 4) is 22.6 Å². The second kappa shape index (κ2) is 6.10. The molecule has 4 nitrogen and oxygen atoms in total. The van der Waals surface area contributed by atoms with Gasteiger partial charge in [-0.05, 0) is 35.6 Å². The third-order valence-electron chi connectivity index (χ3n) is 3.92. The van der Waals surface area contributed by atoms with Gasteiger partial charge in [0.25, 0.3) is 0 Å². The van der Waals surface area contributed by atoms with Crippen molar-refractivity contribution in [2.45, 2.75) is 25.9 Å². The van der Waals surface area contributed by atoms with Gasteiger partial charge in [0, 0.05) is 12.0 Å². The fourth-order valence-corrected chi connectivity index (χ4v) is 2.88. The predicted molar refractivity (Wildman–Crippen MR) is 83.3 cm³/mol. The van der Waals surface area contributed by atoms with Crippen LogP contribution >= 0.6 is 0 Å². The zero-order valence-electron chi connectivity index (χ0n) is 12.5. The first-order valence-corrected chi connectivity index (χ1v) is 7.33. The molecule has 0 aliphatic carbocycles. The van der Waals surface area contributed by atoms with Crippen molar-refractivity contribution in [1.29, 1.82) is 0 Å². The lowest BCUT2D eigenvalue weighted by Crippen LogP contribution is -2.09. The number of carbonyl (C=O) groups is 1. The van der Waals surface area contributed by atoms with Crippen LogP contribution in [0.5, 0.6) is 11.5 Å². The number of aryl methyl sites for hydroxylation is 1. The Balaban J connectivity index is 2.04. The monoisotopic (exact) mass is 298 g/mol. The second-order valence-electron chi connectivity index (χ2n) is 5.32. The molecule has 114 valence electrons. The Morgan fingerprint density at radius 2 is 2.09 bits per heavy atom. The smallest absolute Gasteiger partial charge is 0.303 e. The summed E-state index contributed by atoms with van der Waals surface area (Å²) in [5.41, 5.74) is 4.42. The third-order valence-corrected chi connectivity index (χ3v) is 3.92. The van der Waals surface area contributed by atoms with E-state index in [1.165, 1.54) is 0 Å². The van der Waals surface area contributed by atoms with Crippen LogP contribution < -0.4 is 9.47 Å². The van der Waals surface area contributed by atoms with Crippen LogP contribution in [0.2, 0.25) is 0 Å². The fourth-order valence-electron chi connectivity index (χ4n) is 2.88. The third kappa shape index (κ3) is 2.64. The molecule has 0 saturated carbocycles. The number of methoxy groups -OCH3 is 1. The van der Waals surface area contributed by atoms with Gasteiger partial charge < -0.3 is 14.6 Å². The second-order valence-corrected chi connectivity index (χ2v) is 5.32. The molecule has 3 rings (SSSR count). The molecule has 22 heavy (non-hydrogen) atoms. The lowest BCUT2D eigenvalue weighted by molar-refractivity contribution is -0.137. The van der Waals surface area contributed by atoms with E-state index in [1.807, 2.05) is 24.3 Å². The first kappa shape index (κ1) is 14.4. The molecule has 2 aromatic rings. The van der Waals surface area contributed by atoms with Gasteiger partial charge in [-0.2, -0.15) is 0 Å². The summed E-state index contributed by atoms with van der Waals surface area (Å²) in [6, 6.07) is 12.0. The SMILES string of the molecule is COc1ccc(CCCC(=O)O)c2c1OCc1ccccc1-2. The van der Waals surface area contributed by atoms with E-state index in [2.05, 4.69) is 12.1 Å². The van der Waals surface area contributed by atoms with Crippen molar-refractivity contribution < 1.29 is 19.4 Å². The van der Waals surface area contributed by atoms with Gasteiger partial charge in [0.2, 0.25) is 0 Å². The summed E-state index contributed by atoms with van der Waals surface area (Å²) < 4.78 is 11.3. The summed E-state index contributed by atoms with van der Waals surface area (Å²) in [4.78, 5) is 10.7. The average Bonchev–Trinajstić information content (AvgIpc) is 2.54. The number of ether oxygens (including phenoxy) is 2. The van der Waals surface area contributed by atoms with E-state index >= 15 is 0 Å². The summed E-state index contributed by atoms with van der Waals surface area (Å²) in [6.07, 6.45) is 1.48. The quantitative estimate of drug-likeness (QED) is 0.915. The molecule has 0 amide bonds. The van der Waals surface area contributed by atoms with E-state index in [4.69, 9.17) is 14.6 Å². The van der Waals surface area contributed by atoms with Crippen LogP contribution in [-0.4, -0.2) is 18.2 Å². The van der Waals surface area contributed by atoms with E-state index in [0.29, 0.717) is 25.2 Å². The van der Waals surface area contributed by atoms with Gasteiger partial charge in [0.15, 0.2) is 11.5 Å². The summed E-state index contributed by atoms with van der Waals surface area (Å²) >= 11 is 0. The maximum atomic E-state index is 10.7. The van der Waals surface area contributed by atoms with Gasteiger partial charge in [-0.3, -0.25) is 4.79 Å². The van der Waals surface area contributed by atoms with Crippen LogP contribution in [0.1, 0.15) is 24.0 Å². The Hall–Kier alpha value is -2.49. The maximum Gasteiger partial charge on any atom is 0.303 e. The molecule has 1 heterocycles. The molecule has 0 unspecified atom stereocenters. The number of benzene rings is 2. The molecule has 0 saturated heterocycles. The lowest BCUT2D eigenvalue weighted by atomic mass is 9.90. The molecule has 0 spiro atoms. The molecule has 4 heteroatoms. The number of rotatable bonds is 5. The van der Waals surface area contributed by atoms with E-state index in [1.54, 1.807) is 7.11 Å². The molecule has 0 aromatic heterocycles. The number of hydrogen-bond donors (Lipinski definition) is 1. The molecular formula is C18H18O4. The maximum absolute atomic E-state index is 10.7. The van der Waals surface area contributed by atoms with Gasteiger partial charge >= 0.3 is 5.97 Å². The van der Waals surface area contributed by atoms with Gasteiger partial charge in [-0.25, -0.2) is 0 Å². The number of carboxylic acid groups (broad SMARTS) is 1. The van der Waals surface area contributed by atoms with Gasteiger partial charge in [0.1, 0.15) is 6.61 Å². The highest BCUT2D eigenvalue weighted by molar-refractivity contribution is 5.81. The first-order chi connectivity index (χ1) is 10.7. The molecule has 0 radical (unpaired) electrons. The normalized spacial score (nSPS) is 12.0. The topological polar surface area (TPSA) is 55.8 Å². The molecule has 1 aliphatic rings. The molecule has 2 aromatic carbocycles. The predicted octanol–water partition coefficient (Wildman–Crippen LogP) is 3.66. The molecule has 0 bridgehead atoms. The summed E-state index contributed by atoms with van der Waals surface area (Å²) in [5, 5.41) is 8.83. The van der Waals surface area contributed by atoms with Gasteiger partial charge in [-0.1, -0.05) is 30.3 Å². The van der Waals surface area contributed by atoms with Crippen LogP contribution in [0.3, 0.4) is 0 Å². The Labute approximate surface area is 129 Å². The Bertz CT molecular complexity index is 706. The van der Waals surface area contributed by atoms with Crippen LogP contribution in [-0.2, 0) is 17.8 Å². The summed E-state index contributed by atoms with van der Waals surface area (Å²) in [6.45, 7) is 0.526. The summed E-state index contributed by atoms with van der Waals surface area (Å²) in [7, 11) is 1.63. The number of carboxylic acids is 1. The van der Waals surface area contributed by atoms with Crippen LogP contribution in [0.15, 0.2) is 36.4 Å². The molecule has 1 N–H and O–H groups in total. The highest BCUT2D eigenvalue weighted by atomic mass is 16.5. The van der Waals surface area contributed by atoms with E-state index in [9.17, 15) is 4.79 Å². The number of hydrogen-bond acceptors (Lipinski definition) is 3. The number of aliphatic carboxylic acids is 1. The fraction of sp³-hybridized carbons (Fsp3) is 0.278.